The number of piperidine rings is 1. The minimum Gasteiger partial charge on any atom is -0.370 e. The SMILES string of the molecule is NC(=O)CC[C@H]1CCCN(C(=O)c2ccc(N3CCCC3)c(Cl)c2)C1. The first kappa shape index (κ1) is 18.1. The van der Waals surface area contributed by atoms with Gasteiger partial charge >= 0.3 is 0 Å². The third-order valence-electron chi connectivity index (χ3n) is 5.25. The molecule has 3 rings (SSSR count). The number of carbonyl (C=O) groups is 2. The van der Waals surface area contributed by atoms with Crippen LogP contribution in [0.4, 0.5) is 5.69 Å². The van der Waals surface area contributed by atoms with Crippen molar-refractivity contribution in [1.29, 1.82) is 0 Å². The summed E-state index contributed by atoms with van der Waals surface area (Å²) in [5.74, 6) is 0.107. The van der Waals surface area contributed by atoms with E-state index in [0.717, 1.165) is 44.6 Å². The van der Waals surface area contributed by atoms with E-state index in [4.69, 9.17) is 17.3 Å². The van der Waals surface area contributed by atoms with Crippen molar-refractivity contribution in [3.63, 3.8) is 0 Å². The molecule has 0 radical (unpaired) electrons. The van der Waals surface area contributed by atoms with Crippen molar-refractivity contribution in [3.05, 3.63) is 28.8 Å². The number of benzene rings is 1. The summed E-state index contributed by atoms with van der Waals surface area (Å²) in [6, 6.07) is 5.65. The lowest BCUT2D eigenvalue weighted by Crippen LogP contribution is -2.40. The van der Waals surface area contributed by atoms with E-state index in [1.54, 1.807) is 6.07 Å². The number of likely N-dealkylation sites (tertiary alicyclic amines) is 1. The van der Waals surface area contributed by atoms with E-state index in [1.165, 1.54) is 12.8 Å². The number of anilines is 1. The van der Waals surface area contributed by atoms with E-state index >= 15 is 0 Å². The Hall–Kier alpha value is -1.75. The van der Waals surface area contributed by atoms with Crippen LogP contribution >= 0.6 is 11.6 Å². The average molecular weight is 364 g/mol. The Balaban J connectivity index is 1.65. The molecule has 0 unspecified atom stereocenters. The number of nitrogens with zero attached hydrogens (tertiary/aromatic N) is 2. The van der Waals surface area contributed by atoms with E-state index in [-0.39, 0.29) is 11.8 Å². The molecule has 2 aliphatic rings. The van der Waals surface area contributed by atoms with Gasteiger partial charge in [0.2, 0.25) is 5.91 Å². The molecule has 2 fully saturated rings. The van der Waals surface area contributed by atoms with Crippen LogP contribution in [-0.2, 0) is 4.79 Å². The summed E-state index contributed by atoms with van der Waals surface area (Å²) < 4.78 is 0. The summed E-state index contributed by atoms with van der Waals surface area (Å²) in [6.07, 6.45) is 5.55. The zero-order chi connectivity index (χ0) is 17.8. The van der Waals surface area contributed by atoms with Gasteiger partial charge in [-0.05, 0) is 56.2 Å². The minimum absolute atomic E-state index is 0.0265. The first-order chi connectivity index (χ1) is 12.0. The third kappa shape index (κ3) is 4.46. The smallest absolute Gasteiger partial charge is 0.253 e. The van der Waals surface area contributed by atoms with Crippen LogP contribution in [0.3, 0.4) is 0 Å². The fraction of sp³-hybridized carbons (Fsp3) is 0.579. The predicted molar refractivity (Wildman–Crippen MR) is 100.0 cm³/mol. The number of hydrogen-bond donors (Lipinski definition) is 1. The Labute approximate surface area is 154 Å². The molecule has 0 aromatic heterocycles. The number of halogens is 1. The fourth-order valence-electron chi connectivity index (χ4n) is 3.87. The zero-order valence-corrected chi connectivity index (χ0v) is 15.3. The number of carbonyl (C=O) groups excluding carboxylic acids is 2. The van der Waals surface area contributed by atoms with E-state index in [9.17, 15) is 9.59 Å². The lowest BCUT2D eigenvalue weighted by atomic mass is 9.93. The quantitative estimate of drug-likeness (QED) is 0.874. The molecule has 1 aromatic carbocycles. The van der Waals surface area contributed by atoms with Gasteiger partial charge in [-0.1, -0.05) is 11.6 Å². The number of hydrogen-bond acceptors (Lipinski definition) is 3. The second-order valence-electron chi connectivity index (χ2n) is 7.12. The fourth-order valence-corrected chi connectivity index (χ4v) is 4.17. The summed E-state index contributed by atoms with van der Waals surface area (Å²) in [7, 11) is 0. The monoisotopic (exact) mass is 363 g/mol. The van der Waals surface area contributed by atoms with Crippen molar-refractivity contribution in [2.45, 2.75) is 38.5 Å². The van der Waals surface area contributed by atoms with Gasteiger partial charge in [0.1, 0.15) is 0 Å². The zero-order valence-electron chi connectivity index (χ0n) is 14.5. The molecule has 5 nitrogen and oxygen atoms in total. The Morgan fingerprint density at radius 1 is 1.16 bits per heavy atom. The van der Waals surface area contributed by atoms with Crippen molar-refractivity contribution in [1.82, 2.24) is 4.90 Å². The van der Waals surface area contributed by atoms with Gasteiger partial charge in [-0.3, -0.25) is 9.59 Å². The normalized spacial score (nSPS) is 20.8. The minimum atomic E-state index is -0.271. The van der Waals surface area contributed by atoms with Crippen LogP contribution in [0.25, 0.3) is 0 Å². The number of rotatable bonds is 5. The van der Waals surface area contributed by atoms with Crippen LogP contribution in [0.5, 0.6) is 0 Å². The number of nitrogens with two attached hydrogens (primary N) is 1. The lowest BCUT2D eigenvalue weighted by Gasteiger charge is -2.33. The first-order valence-electron chi connectivity index (χ1n) is 9.16. The summed E-state index contributed by atoms with van der Waals surface area (Å²) in [5.41, 5.74) is 6.90. The largest absolute Gasteiger partial charge is 0.370 e. The Morgan fingerprint density at radius 2 is 1.92 bits per heavy atom. The molecule has 6 heteroatoms. The summed E-state index contributed by atoms with van der Waals surface area (Å²) in [6.45, 7) is 3.51. The molecule has 136 valence electrons. The highest BCUT2D eigenvalue weighted by Gasteiger charge is 2.25. The van der Waals surface area contributed by atoms with Crippen molar-refractivity contribution in [2.75, 3.05) is 31.1 Å². The van der Waals surface area contributed by atoms with Crippen molar-refractivity contribution in [2.24, 2.45) is 11.7 Å². The molecular formula is C19H26ClN3O2. The van der Waals surface area contributed by atoms with Gasteiger partial charge in [-0.2, -0.15) is 0 Å². The molecule has 0 aliphatic carbocycles. The van der Waals surface area contributed by atoms with E-state index in [2.05, 4.69) is 4.90 Å². The van der Waals surface area contributed by atoms with Gasteiger partial charge in [0, 0.05) is 38.2 Å². The highest BCUT2D eigenvalue weighted by molar-refractivity contribution is 6.33. The maximum Gasteiger partial charge on any atom is 0.253 e. The topological polar surface area (TPSA) is 66.6 Å². The van der Waals surface area contributed by atoms with Gasteiger partial charge in [-0.25, -0.2) is 0 Å². The van der Waals surface area contributed by atoms with Crippen LogP contribution in [0.15, 0.2) is 18.2 Å². The number of amides is 2. The van der Waals surface area contributed by atoms with Gasteiger partial charge in [0.25, 0.3) is 5.91 Å². The van der Waals surface area contributed by atoms with Crippen LogP contribution in [0.1, 0.15) is 48.9 Å². The average Bonchev–Trinajstić information content (AvgIpc) is 3.14. The third-order valence-corrected chi connectivity index (χ3v) is 5.55. The van der Waals surface area contributed by atoms with Crippen molar-refractivity contribution < 1.29 is 9.59 Å². The second-order valence-corrected chi connectivity index (χ2v) is 7.53. The molecular weight excluding hydrogens is 338 g/mol. The maximum absolute atomic E-state index is 12.8. The first-order valence-corrected chi connectivity index (χ1v) is 9.54. The lowest BCUT2D eigenvalue weighted by molar-refractivity contribution is -0.118. The summed E-state index contributed by atoms with van der Waals surface area (Å²) in [4.78, 5) is 28.0. The predicted octanol–water partition coefficient (Wildman–Crippen LogP) is 3.06. The van der Waals surface area contributed by atoms with Gasteiger partial charge < -0.3 is 15.5 Å². The van der Waals surface area contributed by atoms with Crippen molar-refractivity contribution in [3.8, 4) is 0 Å². The Morgan fingerprint density at radius 3 is 2.60 bits per heavy atom. The highest BCUT2D eigenvalue weighted by Crippen LogP contribution is 2.30. The van der Waals surface area contributed by atoms with Crippen LogP contribution in [0, 0.1) is 5.92 Å². The second kappa shape index (κ2) is 8.09. The van der Waals surface area contributed by atoms with Crippen LogP contribution in [0.2, 0.25) is 5.02 Å². The molecule has 2 N–H and O–H groups in total. The summed E-state index contributed by atoms with van der Waals surface area (Å²) >= 11 is 6.44. The van der Waals surface area contributed by atoms with Gasteiger partial charge in [0.05, 0.1) is 10.7 Å². The molecule has 2 aliphatic heterocycles. The van der Waals surface area contributed by atoms with E-state index < -0.39 is 0 Å². The van der Waals surface area contributed by atoms with E-state index in [1.807, 2.05) is 17.0 Å². The number of primary amides is 1. The molecule has 2 saturated heterocycles. The molecule has 2 heterocycles. The van der Waals surface area contributed by atoms with Crippen molar-refractivity contribution >= 4 is 29.1 Å². The van der Waals surface area contributed by atoms with Crippen LogP contribution < -0.4 is 10.6 Å². The molecule has 1 atom stereocenters. The molecule has 25 heavy (non-hydrogen) atoms. The van der Waals surface area contributed by atoms with Crippen LogP contribution in [-0.4, -0.2) is 42.9 Å². The van der Waals surface area contributed by atoms with Gasteiger partial charge in [0.15, 0.2) is 0 Å². The highest BCUT2D eigenvalue weighted by atomic mass is 35.5. The van der Waals surface area contributed by atoms with E-state index in [0.29, 0.717) is 29.5 Å². The maximum atomic E-state index is 12.8. The van der Waals surface area contributed by atoms with Gasteiger partial charge in [-0.15, -0.1) is 0 Å². The Kier molecular flexibility index (Phi) is 5.84. The molecule has 0 spiro atoms. The standard InChI is InChI=1S/C19H26ClN3O2/c20-16-12-15(6-7-17(16)22-9-1-2-10-22)19(25)23-11-3-4-14(13-23)5-8-18(21)24/h6-7,12,14H,1-5,8-11,13H2,(H2,21,24)/t14-/m1/s1. The summed E-state index contributed by atoms with van der Waals surface area (Å²) in [5, 5.41) is 0.648. The molecule has 0 bridgehead atoms. The Bertz CT molecular complexity index is 644. The molecule has 0 saturated carbocycles. The molecule has 1 aromatic rings. The molecule has 2 amide bonds.